The minimum absolute atomic E-state index is 0.274. The Kier molecular flexibility index (Phi) is 6.15. The van der Waals surface area contributed by atoms with E-state index in [1.54, 1.807) is 35.6 Å². The van der Waals surface area contributed by atoms with E-state index in [-0.39, 0.29) is 6.61 Å². The van der Waals surface area contributed by atoms with E-state index >= 15 is 0 Å². The largest absolute Gasteiger partial charge is 0.445 e. The third-order valence-corrected chi connectivity index (χ3v) is 3.01. The molecule has 0 aliphatic rings. The molecule has 0 aromatic heterocycles. The predicted octanol–water partition coefficient (Wildman–Crippen LogP) is 0.835. The predicted molar refractivity (Wildman–Crippen MR) is 76.4 cm³/mol. The van der Waals surface area contributed by atoms with Gasteiger partial charge < -0.3 is 15.8 Å². The first-order chi connectivity index (χ1) is 11.1. The highest BCUT2D eigenvalue weighted by molar-refractivity contribution is 5.92. The zero-order valence-corrected chi connectivity index (χ0v) is 12.6. The lowest BCUT2D eigenvalue weighted by Crippen LogP contribution is -2.65. The van der Waals surface area contributed by atoms with Crippen molar-refractivity contribution in [1.82, 2.24) is 10.6 Å². The molecule has 1 rings (SSSR count). The monoisotopic (exact) mass is 347 g/mol. The van der Waals surface area contributed by atoms with Crippen LogP contribution in [0.5, 0.6) is 0 Å². The molecular weight excluding hydrogens is 331 g/mol. The number of halogens is 3. The number of hydrogen-bond acceptors (Lipinski definition) is 4. The van der Waals surface area contributed by atoms with Crippen LogP contribution in [-0.4, -0.2) is 36.2 Å². The molecule has 1 aromatic carbocycles. The molecule has 3 amide bonds. The normalized spacial score (nSPS) is 13.5. The Balaban J connectivity index is 2.76. The fourth-order valence-corrected chi connectivity index (χ4v) is 1.56. The van der Waals surface area contributed by atoms with Crippen LogP contribution in [0.25, 0.3) is 0 Å². The van der Waals surface area contributed by atoms with Gasteiger partial charge >= 0.3 is 12.3 Å². The molecule has 0 saturated heterocycles. The summed E-state index contributed by atoms with van der Waals surface area (Å²) in [7, 11) is 0. The molecule has 132 valence electrons. The number of hydrogen-bond donors (Lipinski definition) is 3. The van der Waals surface area contributed by atoms with Gasteiger partial charge in [0.25, 0.3) is 5.91 Å². The van der Waals surface area contributed by atoms with Gasteiger partial charge in [0, 0.05) is 0 Å². The molecule has 24 heavy (non-hydrogen) atoms. The Labute approximate surface area is 135 Å². The van der Waals surface area contributed by atoms with Gasteiger partial charge in [-0.3, -0.25) is 14.9 Å². The van der Waals surface area contributed by atoms with Crippen LogP contribution in [0.2, 0.25) is 0 Å². The minimum atomic E-state index is -5.12. The highest BCUT2D eigenvalue weighted by Gasteiger charge is 2.58. The second-order valence-corrected chi connectivity index (χ2v) is 4.96. The van der Waals surface area contributed by atoms with Crippen molar-refractivity contribution in [2.75, 3.05) is 6.54 Å². The van der Waals surface area contributed by atoms with Crippen LogP contribution < -0.4 is 16.4 Å². The number of rotatable bonds is 6. The second-order valence-electron chi connectivity index (χ2n) is 4.96. The highest BCUT2D eigenvalue weighted by Crippen LogP contribution is 2.30. The quantitative estimate of drug-likeness (QED) is 0.708. The fraction of sp³-hybridized carbons (Fsp3) is 0.357. The number of primary amides is 1. The molecule has 0 heterocycles. The number of benzene rings is 1. The van der Waals surface area contributed by atoms with Crippen LogP contribution in [0.4, 0.5) is 18.0 Å². The lowest BCUT2D eigenvalue weighted by molar-refractivity contribution is -0.194. The van der Waals surface area contributed by atoms with Gasteiger partial charge in [-0.15, -0.1) is 0 Å². The highest BCUT2D eigenvalue weighted by atomic mass is 19.4. The van der Waals surface area contributed by atoms with Crippen molar-refractivity contribution < 1.29 is 32.3 Å². The van der Waals surface area contributed by atoms with Crippen molar-refractivity contribution in [1.29, 1.82) is 0 Å². The van der Waals surface area contributed by atoms with E-state index in [2.05, 4.69) is 4.74 Å². The first kappa shape index (κ1) is 19.3. The molecule has 0 aliphatic carbocycles. The van der Waals surface area contributed by atoms with E-state index in [1.807, 2.05) is 0 Å². The summed E-state index contributed by atoms with van der Waals surface area (Å²) in [5.74, 6) is -2.66. The number of alkyl halides is 3. The Morgan fingerprint density at radius 2 is 1.75 bits per heavy atom. The lowest BCUT2D eigenvalue weighted by Gasteiger charge is -2.30. The zero-order chi connectivity index (χ0) is 18.4. The maximum Gasteiger partial charge on any atom is 0.420 e. The molecule has 0 bridgehead atoms. The van der Waals surface area contributed by atoms with Crippen LogP contribution in [0.1, 0.15) is 12.5 Å². The molecular formula is C14H16F3N3O4. The number of nitrogens with two attached hydrogens (primary N) is 1. The average molecular weight is 347 g/mol. The van der Waals surface area contributed by atoms with Crippen molar-refractivity contribution in [3.63, 3.8) is 0 Å². The van der Waals surface area contributed by atoms with Crippen molar-refractivity contribution in [3.8, 4) is 0 Å². The van der Waals surface area contributed by atoms with Gasteiger partial charge in [-0.1, -0.05) is 30.3 Å². The van der Waals surface area contributed by atoms with Crippen LogP contribution in [0.3, 0.4) is 0 Å². The van der Waals surface area contributed by atoms with Crippen LogP contribution in [0.15, 0.2) is 30.3 Å². The summed E-state index contributed by atoms with van der Waals surface area (Å²) in [5, 5.41) is 3.18. The van der Waals surface area contributed by atoms with Gasteiger partial charge in [0.05, 0.1) is 6.54 Å². The maximum absolute atomic E-state index is 13.2. The van der Waals surface area contributed by atoms with Gasteiger partial charge in [0.2, 0.25) is 11.4 Å². The number of carbonyl (C=O) groups is 3. The number of ether oxygens (including phenoxy) is 1. The van der Waals surface area contributed by atoms with Crippen LogP contribution in [-0.2, 0) is 20.9 Å². The smallest absolute Gasteiger partial charge is 0.420 e. The Hall–Kier alpha value is -2.78. The summed E-state index contributed by atoms with van der Waals surface area (Å²) in [6, 6.07) is 8.25. The molecule has 1 aromatic rings. The molecule has 4 N–H and O–H groups in total. The standard InChI is InChI=1S/C14H16F3N3O4/c1-13(14(15,16)17,11(22)19-7-10(18)21)20-12(23)24-8-9-5-3-2-4-6-9/h2-6H,7-8H2,1H3,(H2,18,21)(H,19,22)(H,20,23). The molecule has 1 unspecified atom stereocenters. The van der Waals surface area contributed by atoms with Gasteiger partial charge in [0.15, 0.2) is 0 Å². The first-order valence-electron chi connectivity index (χ1n) is 6.68. The first-order valence-corrected chi connectivity index (χ1v) is 6.68. The Bertz CT molecular complexity index is 607. The second kappa shape index (κ2) is 7.66. The zero-order valence-electron chi connectivity index (χ0n) is 12.6. The summed E-state index contributed by atoms with van der Waals surface area (Å²) in [6.45, 7) is -0.623. The van der Waals surface area contributed by atoms with Gasteiger partial charge in [-0.25, -0.2) is 4.79 Å². The third kappa shape index (κ3) is 5.14. The van der Waals surface area contributed by atoms with Crippen molar-refractivity contribution in [2.24, 2.45) is 5.73 Å². The summed E-state index contributed by atoms with van der Waals surface area (Å²) in [6.07, 6.45) is -6.56. The molecule has 0 spiro atoms. The number of nitrogens with one attached hydrogen (secondary N) is 2. The molecule has 0 fully saturated rings. The lowest BCUT2D eigenvalue weighted by atomic mass is 10.0. The molecule has 1 atom stereocenters. The Morgan fingerprint density at radius 3 is 2.25 bits per heavy atom. The van der Waals surface area contributed by atoms with Crippen LogP contribution in [0, 0.1) is 0 Å². The maximum atomic E-state index is 13.2. The van der Waals surface area contributed by atoms with E-state index in [0.29, 0.717) is 12.5 Å². The summed E-state index contributed by atoms with van der Waals surface area (Å²) < 4.78 is 44.1. The number of carbonyl (C=O) groups excluding carboxylic acids is 3. The molecule has 7 nitrogen and oxygen atoms in total. The van der Waals surface area contributed by atoms with Crippen molar-refractivity contribution in [2.45, 2.75) is 25.2 Å². The topological polar surface area (TPSA) is 111 Å². The van der Waals surface area contributed by atoms with E-state index in [9.17, 15) is 27.6 Å². The van der Waals surface area contributed by atoms with Crippen molar-refractivity contribution in [3.05, 3.63) is 35.9 Å². The van der Waals surface area contributed by atoms with E-state index < -0.39 is 36.2 Å². The third-order valence-electron chi connectivity index (χ3n) is 3.01. The fourth-order valence-electron chi connectivity index (χ4n) is 1.56. The van der Waals surface area contributed by atoms with Crippen LogP contribution >= 0.6 is 0 Å². The Morgan fingerprint density at radius 1 is 1.17 bits per heavy atom. The average Bonchev–Trinajstić information content (AvgIpc) is 2.50. The van der Waals surface area contributed by atoms with E-state index in [0.717, 1.165) is 0 Å². The minimum Gasteiger partial charge on any atom is -0.445 e. The van der Waals surface area contributed by atoms with E-state index in [4.69, 9.17) is 5.73 Å². The summed E-state index contributed by atoms with van der Waals surface area (Å²) in [4.78, 5) is 33.9. The molecule has 0 saturated carbocycles. The van der Waals surface area contributed by atoms with Gasteiger partial charge in [0.1, 0.15) is 6.61 Å². The molecule has 10 heteroatoms. The van der Waals surface area contributed by atoms with E-state index in [1.165, 1.54) is 5.32 Å². The summed E-state index contributed by atoms with van der Waals surface area (Å²) in [5.41, 5.74) is 2.03. The van der Waals surface area contributed by atoms with Crippen molar-refractivity contribution >= 4 is 17.9 Å². The number of alkyl carbamates (subject to hydrolysis) is 1. The molecule has 0 aliphatic heterocycles. The summed E-state index contributed by atoms with van der Waals surface area (Å²) >= 11 is 0. The molecule has 0 radical (unpaired) electrons. The SMILES string of the molecule is CC(NC(=O)OCc1ccccc1)(C(=O)NCC(N)=O)C(F)(F)F. The van der Waals surface area contributed by atoms with Gasteiger partial charge in [-0.2, -0.15) is 13.2 Å². The number of amides is 3. The van der Waals surface area contributed by atoms with Gasteiger partial charge in [-0.05, 0) is 12.5 Å².